The van der Waals surface area contributed by atoms with Gasteiger partial charge < -0.3 is 15.3 Å². The Kier molecular flexibility index (Phi) is 5.02. The summed E-state index contributed by atoms with van der Waals surface area (Å²) >= 11 is 0. The number of nitrogens with zero attached hydrogens (tertiary/aromatic N) is 1. The van der Waals surface area contributed by atoms with Crippen molar-refractivity contribution in [2.24, 2.45) is 0 Å². The van der Waals surface area contributed by atoms with Crippen LogP contribution in [0.25, 0.3) is 0 Å². The zero-order valence-electron chi connectivity index (χ0n) is 11.2. The third-order valence-corrected chi connectivity index (χ3v) is 3.63. The van der Waals surface area contributed by atoms with E-state index in [1.807, 2.05) is 12.1 Å². The Labute approximate surface area is 110 Å². The van der Waals surface area contributed by atoms with E-state index < -0.39 is 0 Å². The van der Waals surface area contributed by atoms with Gasteiger partial charge in [0, 0.05) is 24.8 Å². The van der Waals surface area contributed by atoms with Crippen molar-refractivity contribution < 1.29 is 5.11 Å². The maximum absolute atomic E-state index is 9.00. The van der Waals surface area contributed by atoms with Gasteiger partial charge in [-0.25, -0.2) is 0 Å². The fraction of sp³-hybridized carbons (Fsp3) is 0.600. The summed E-state index contributed by atoms with van der Waals surface area (Å²) in [7, 11) is 0. The first-order valence-corrected chi connectivity index (χ1v) is 7.00. The molecule has 1 saturated heterocycles. The number of aliphatic hydroxyl groups excluding tert-OH is 1. The zero-order valence-corrected chi connectivity index (χ0v) is 11.2. The smallest absolute Gasteiger partial charge is 0.0681 e. The van der Waals surface area contributed by atoms with Crippen LogP contribution in [-0.4, -0.2) is 35.7 Å². The molecule has 1 aromatic rings. The van der Waals surface area contributed by atoms with Crippen LogP contribution in [0.15, 0.2) is 24.3 Å². The molecule has 0 radical (unpaired) electrons. The highest BCUT2D eigenvalue weighted by Gasteiger charge is 2.17. The van der Waals surface area contributed by atoms with Crippen LogP contribution < -0.4 is 5.32 Å². The highest BCUT2D eigenvalue weighted by molar-refractivity contribution is 5.45. The summed E-state index contributed by atoms with van der Waals surface area (Å²) in [4.78, 5) is 2.55. The molecule has 3 nitrogen and oxygen atoms in total. The molecule has 0 amide bonds. The Morgan fingerprint density at radius 2 is 1.89 bits per heavy atom. The summed E-state index contributed by atoms with van der Waals surface area (Å²) in [5.74, 6) is 0. The SMILES string of the molecule is CCCN1CCC(Nc2ccc(CO)cc2)CC1. The van der Waals surface area contributed by atoms with E-state index in [1.54, 1.807) is 0 Å². The maximum atomic E-state index is 9.00. The number of rotatable bonds is 5. The quantitative estimate of drug-likeness (QED) is 0.840. The number of hydrogen-bond acceptors (Lipinski definition) is 3. The van der Waals surface area contributed by atoms with Crippen LogP contribution in [-0.2, 0) is 6.61 Å². The van der Waals surface area contributed by atoms with Crippen LogP contribution in [0.3, 0.4) is 0 Å². The molecule has 2 N–H and O–H groups in total. The molecule has 0 saturated carbocycles. The van der Waals surface area contributed by atoms with Crippen molar-refractivity contribution >= 4 is 5.69 Å². The summed E-state index contributed by atoms with van der Waals surface area (Å²) in [5, 5.41) is 12.6. The van der Waals surface area contributed by atoms with Gasteiger partial charge >= 0.3 is 0 Å². The average Bonchev–Trinajstić information content (AvgIpc) is 2.42. The van der Waals surface area contributed by atoms with Crippen LogP contribution in [0.4, 0.5) is 5.69 Å². The minimum absolute atomic E-state index is 0.121. The predicted molar refractivity (Wildman–Crippen MR) is 75.7 cm³/mol. The fourth-order valence-electron chi connectivity index (χ4n) is 2.56. The average molecular weight is 248 g/mol. The van der Waals surface area contributed by atoms with Gasteiger partial charge in [-0.1, -0.05) is 19.1 Å². The molecule has 1 aliphatic rings. The minimum Gasteiger partial charge on any atom is -0.392 e. The Morgan fingerprint density at radius 3 is 2.44 bits per heavy atom. The number of aliphatic hydroxyl groups is 1. The number of piperidine rings is 1. The van der Waals surface area contributed by atoms with Gasteiger partial charge in [0.2, 0.25) is 0 Å². The predicted octanol–water partition coefficient (Wildman–Crippen LogP) is 2.47. The summed E-state index contributed by atoms with van der Waals surface area (Å²) in [6.45, 7) is 6.01. The normalized spacial score (nSPS) is 17.9. The van der Waals surface area contributed by atoms with E-state index in [0.717, 1.165) is 5.56 Å². The second-order valence-corrected chi connectivity index (χ2v) is 5.12. The highest BCUT2D eigenvalue weighted by Crippen LogP contribution is 2.17. The summed E-state index contributed by atoms with van der Waals surface area (Å²) < 4.78 is 0. The first-order chi connectivity index (χ1) is 8.81. The molecule has 1 heterocycles. The lowest BCUT2D eigenvalue weighted by Gasteiger charge is -2.32. The van der Waals surface area contributed by atoms with Crippen LogP contribution in [0.1, 0.15) is 31.7 Å². The van der Waals surface area contributed by atoms with Gasteiger partial charge in [0.25, 0.3) is 0 Å². The number of anilines is 1. The molecule has 1 fully saturated rings. The van der Waals surface area contributed by atoms with E-state index >= 15 is 0 Å². The number of benzene rings is 1. The monoisotopic (exact) mass is 248 g/mol. The standard InChI is InChI=1S/C15H24N2O/c1-2-9-17-10-7-15(8-11-17)16-14-5-3-13(12-18)4-6-14/h3-6,15-16,18H,2,7-12H2,1H3. The van der Waals surface area contributed by atoms with E-state index in [9.17, 15) is 0 Å². The first-order valence-electron chi connectivity index (χ1n) is 7.00. The fourth-order valence-corrected chi connectivity index (χ4v) is 2.56. The van der Waals surface area contributed by atoms with Gasteiger partial charge in [-0.05, 0) is 43.5 Å². The molecule has 0 bridgehead atoms. The third-order valence-electron chi connectivity index (χ3n) is 3.63. The van der Waals surface area contributed by atoms with Gasteiger partial charge in [-0.3, -0.25) is 0 Å². The van der Waals surface area contributed by atoms with Crippen molar-refractivity contribution in [2.75, 3.05) is 25.0 Å². The molecule has 0 aromatic heterocycles. The molecule has 3 heteroatoms. The van der Waals surface area contributed by atoms with Crippen molar-refractivity contribution in [3.63, 3.8) is 0 Å². The van der Waals surface area contributed by atoms with Crippen LogP contribution in [0.5, 0.6) is 0 Å². The topological polar surface area (TPSA) is 35.5 Å². The third kappa shape index (κ3) is 3.72. The van der Waals surface area contributed by atoms with Crippen molar-refractivity contribution in [1.82, 2.24) is 4.90 Å². The number of nitrogens with one attached hydrogen (secondary N) is 1. The molecule has 0 spiro atoms. The first kappa shape index (κ1) is 13.4. The second kappa shape index (κ2) is 6.76. The molecule has 100 valence electrons. The minimum atomic E-state index is 0.121. The van der Waals surface area contributed by atoms with Gasteiger partial charge in [0.15, 0.2) is 0 Å². The van der Waals surface area contributed by atoms with E-state index in [1.165, 1.54) is 44.6 Å². The van der Waals surface area contributed by atoms with Crippen molar-refractivity contribution in [1.29, 1.82) is 0 Å². The maximum Gasteiger partial charge on any atom is 0.0681 e. The molecule has 0 aliphatic carbocycles. The summed E-state index contributed by atoms with van der Waals surface area (Å²) in [5.41, 5.74) is 2.14. The Bertz CT molecular complexity index is 342. The van der Waals surface area contributed by atoms with Crippen LogP contribution in [0.2, 0.25) is 0 Å². The molecule has 0 unspecified atom stereocenters. The lowest BCUT2D eigenvalue weighted by Crippen LogP contribution is -2.39. The molecule has 1 aromatic carbocycles. The van der Waals surface area contributed by atoms with Crippen LogP contribution in [0, 0.1) is 0 Å². The van der Waals surface area contributed by atoms with Crippen molar-refractivity contribution in [3.05, 3.63) is 29.8 Å². The molecule has 18 heavy (non-hydrogen) atoms. The van der Waals surface area contributed by atoms with E-state index in [4.69, 9.17) is 5.11 Å². The van der Waals surface area contributed by atoms with Crippen molar-refractivity contribution in [2.45, 2.75) is 38.8 Å². The van der Waals surface area contributed by atoms with E-state index in [0.29, 0.717) is 6.04 Å². The number of hydrogen-bond donors (Lipinski definition) is 2. The van der Waals surface area contributed by atoms with E-state index in [-0.39, 0.29) is 6.61 Å². The largest absolute Gasteiger partial charge is 0.392 e. The highest BCUT2D eigenvalue weighted by atomic mass is 16.3. The molecule has 0 atom stereocenters. The van der Waals surface area contributed by atoms with Crippen molar-refractivity contribution in [3.8, 4) is 0 Å². The lowest BCUT2D eigenvalue weighted by atomic mass is 10.0. The summed E-state index contributed by atoms with van der Waals surface area (Å²) in [6, 6.07) is 8.68. The Balaban J connectivity index is 1.80. The summed E-state index contributed by atoms with van der Waals surface area (Å²) in [6.07, 6.45) is 3.70. The molecule has 2 rings (SSSR count). The molecular weight excluding hydrogens is 224 g/mol. The van der Waals surface area contributed by atoms with Gasteiger partial charge in [0.05, 0.1) is 6.61 Å². The Morgan fingerprint density at radius 1 is 1.22 bits per heavy atom. The van der Waals surface area contributed by atoms with Gasteiger partial charge in [0.1, 0.15) is 0 Å². The second-order valence-electron chi connectivity index (χ2n) is 5.12. The van der Waals surface area contributed by atoms with E-state index in [2.05, 4.69) is 29.3 Å². The zero-order chi connectivity index (χ0) is 12.8. The Hall–Kier alpha value is -1.06. The molecule has 1 aliphatic heterocycles. The lowest BCUT2D eigenvalue weighted by molar-refractivity contribution is 0.219. The number of likely N-dealkylation sites (tertiary alicyclic amines) is 1. The van der Waals surface area contributed by atoms with Gasteiger partial charge in [-0.2, -0.15) is 0 Å². The molecular formula is C15H24N2O. The van der Waals surface area contributed by atoms with Crippen LogP contribution >= 0.6 is 0 Å². The van der Waals surface area contributed by atoms with Gasteiger partial charge in [-0.15, -0.1) is 0 Å².